The number of amides is 2. The molecule has 10 heteroatoms. The normalized spacial score (nSPS) is 18.9. The number of nitrogens with zero attached hydrogens (tertiary/aromatic N) is 1. The minimum absolute atomic E-state index is 0.0780. The van der Waals surface area contributed by atoms with Crippen LogP contribution in [0.2, 0.25) is 0 Å². The average Bonchev–Trinajstić information content (AvgIpc) is 3.18. The summed E-state index contributed by atoms with van der Waals surface area (Å²) in [5.41, 5.74) is -0.637. The molecule has 0 spiro atoms. The molecular weight excluding hydrogens is 468 g/mol. The summed E-state index contributed by atoms with van der Waals surface area (Å²) in [6.07, 6.45) is -1.33. The number of nitrogens with one attached hydrogen (secondary N) is 1. The van der Waals surface area contributed by atoms with Gasteiger partial charge in [0, 0.05) is 19.4 Å². The van der Waals surface area contributed by atoms with E-state index in [1.807, 2.05) is 30.3 Å². The molecule has 1 fully saturated rings. The molecule has 2 amide bonds. The standard InChI is InChI=1S/C26H38N2O8/c1-25(2,3)35-23(32)19(27-24(33)36-26(4,5)6)12-13-21(29)28-15-18(14-20(28)22(30)31)34-16-17-10-8-7-9-11-17/h7-11,18-20H,12-16H2,1-6H3,(H,27,33)(H,30,31)/t18?,19-,20?/m0/s1. The zero-order valence-electron chi connectivity index (χ0n) is 21.9. The molecule has 0 bridgehead atoms. The van der Waals surface area contributed by atoms with Crippen LogP contribution in [0, 0.1) is 0 Å². The van der Waals surface area contributed by atoms with E-state index >= 15 is 0 Å². The molecule has 0 radical (unpaired) electrons. The lowest BCUT2D eigenvalue weighted by atomic mass is 10.1. The van der Waals surface area contributed by atoms with Crippen molar-refractivity contribution in [3.8, 4) is 0 Å². The van der Waals surface area contributed by atoms with Crippen molar-refractivity contribution in [1.29, 1.82) is 0 Å². The number of aliphatic carboxylic acids is 1. The first kappa shape index (κ1) is 29.1. The van der Waals surface area contributed by atoms with Gasteiger partial charge >= 0.3 is 18.0 Å². The third-order valence-electron chi connectivity index (χ3n) is 5.23. The van der Waals surface area contributed by atoms with Crippen molar-refractivity contribution in [1.82, 2.24) is 10.2 Å². The number of carbonyl (C=O) groups is 4. The van der Waals surface area contributed by atoms with Crippen molar-refractivity contribution in [3.05, 3.63) is 35.9 Å². The van der Waals surface area contributed by atoms with Crippen molar-refractivity contribution in [2.45, 2.75) is 96.8 Å². The zero-order chi connectivity index (χ0) is 27.1. The first-order chi connectivity index (χ1) is 16.6. The van der Waals surface area contributed by atoms with Gasteiger partial charge in [0.2, 0.25) is 5.91 Å². The smallest absolute Gasteiger partial charge is 0.408 e. The summed E-state index contributed by atoms with van der Waals surface area (Å²) in [7, 11) is 0. The number of likely N-dealkylation sites (tertiary alicyclic amines) is 1. The average molecular weight is 507 g/mol. The zero-order valence-corrected chi connectivity index (χ0v) is 21.9. The summed E-state index contributed by atoms with van der Waals surface area (Å²) in [5, 5.41) is 12.1. The molecule has 0 aliphatic carbocycles. The van der Waals surface area contributed by atoms with Gasteiger partial charge in [0.1, 0.15) is 23.3 Å². The highest BCUT2D eigenvalue weighted by Crippen LogP contribution is 2.24. The van der Waals surface area contributed by atoms with Crippen molar-refractivity contribution >= 4 is 23.9 Å². The Morgan fingerprint density at radius 3 is 2.19 bits per heavy atom. The molecule has 2 rings (SSSR count). The molecule has 1 aliphatic rings. The second-order valence-corrected chi connectivity index (χ2v) is 10.8. The molecule has 1 saturated heterocycles. The van der Waals surface area contributed by atoms with Crippen LogP contribution in [-0.2, 0) is 35.2 Å². The largest absolute Gasteiger partial charge is 0.480 e. The molecule has 2 unspecified atom stereocenters. The van der Waals surface area contributed by atoms with E-state index < -0.39 is 53.3 Å². The summed E-state index contributed by atoms with van der Waals surface area (Å²) >= 11 is 0. The van der Waals surface area contributed by atoms with Crippen LogP contribution in [-0.4, -0.2) is 69.9 Å². The van der Waals surface area contributed by atoms with E-state index in [9.17, 15) is 24.3 Å². The van der Waals surface area contributed by atoms with Crippen molar-refractivity contribution in [2.24, 2.45) is 0 Å². The Hall–Kier alpha value is -3.14. The summed E-state index contributed by atoms with van der Waals surface area (Å²) in [6, 6.07) is 7.30. The summed E-state index contributed by atoms with van der Waals surface area (Å²) in [6.45, 7) is 10.6. The maximum atomic E-state index is 13.0. The summed E-state index contributed by atoms with van der Waals surface area (Å²) in [4.78, 5) is 51.1. The Morgan fingerprint density at radius 1 is 1.03 bits per heavy atom. The van der Waals surface area contributed by atoms with Gasteiger partial charge in [0.15, 0.2) is 0 Å². The Bertz CT molecular complexity index is 920. The number of hydrogen-bond donors (Lipinski definition) is 2. The maximum absolute atomic E-state index is 13.0. The number of esters is 1. The molecule has 0 aromatic heterocycles. The number of carbonyl (C=O) groups excluding carboxylic acids is 3. The molecule has 0 saturated carbocycles. The van der Waals surface area contributed by atoms with Crippen LogP contribution in [0.5, 0.6) is 0 Å². The van der Waals surface area contributed by atoms with Gasteiger partial charge in [0.25, 0.3) is 0 Å². The molecule has 3 atom stereocenters. The first-order valence-corrected chi connectivity index (χ1v) is 12.0. The quantitative estimate of drug-likeness (QED) is 0.488. The number of benzene rings is 1. The number of alkyl carbamates (subject to hydrolysis) is 1. The minimum Gasteiger partial charge on any atom is -0.480 e. The van der Waals surface area contributed by atoms with E-state index in [1.54, 1.807) is 41.5 Å². The topological polar surface area (TPSA) is 131 Å². The molecule has 1 aliphatic heterocycles. The van der Waals surface area contributed by atoms with Crippen molar-refractivity contribution in [3.63, 3.8) is 0 Å². The van der Waals surface area contributed by atoms with Crippen LogP contribution in [0.3, 0.4) is 0 Å². The van der Waals surface area contributed by atoms with Crippen LogP contribution in [0.15, 0.2) is 30.3 Å². The monoisotopic (exact) mass is 506 g/mol. The van der Waals surface area contributed by atoms with Crippen molar-refractivity contribution in [2.75, 3.05) is 6.54 Å². The Morgan fingerprint density at radius 2 is 1.64 bits per heavy atom. The van der Waals surface area contributed by atoms with E-state index in [0.29, 0.717) is 6.61 Å². The number of hydrogen-bond acceptors (Lipinski definition) is 7. The van der Waals surface area contributed by atoms with E-state index in [4.69, 9.17) is 14.2 Å². The lowest BCUT2D eigenvalue weighted by Gasteiger charge is -2.27. The molecule has 200 valence electrons. The van der Waals surface area contributed by atoms with Crippen LogP contribution >= 0.6 is 0 Å². The van der Waals surface area contributed by atoms with E-state index in [0.717, 1.165) is 5.56 Å². The Labute approximate surface area is 212 Å². The number of rotatable bonds is 9. The van der Waals surface area contributed by atoms with Gasteiger partial charge in [-0.1, -0.05) is 30.3 Å². The maximum Gasteiger partial charge on any atom is 0.408 e. The Balaban J connectivity index is 2.03. The molecule has 1 aromatic carbocycles. The van der Waals surface area contributed by atoms with Gasteiger partial charge in [-0.15, -0.1) is 0 Å². The highest BCUT2D eigenvalue weighted by molar-refractivity contribution is 5.86. The van der Waals surface area contributed by atoms with E-state index in [2.05, 4.69) is 5.32 Å². The number of ether oxygens (including phenoxy) is 3. The Kier molecular flexibility index (Phi) is 9.86. The van der Waals surface area contributed by atoms with E-state index in [-0.39, 0.29) is 25.8 Å². The molecule has 1 aromatic rings. The number of carboxylic acids is 1. The minimum atomic E-state index is -1.14. The SMILES string of the molecule is CC(C)(C)OC(=O)N[C@@H](CCC(=O)N1CC(OCc2ccccc2)CC1C(=O)O)C(=O)OC(C)(C)C. The lowest BCUT2D eigenvalue weighted by molar-refractivity contribution is -0.158. The summed E-state index contributed by atoms with van der Waals surface area (Å²) < 4.78 is 16.5. The molecular formula is C26H38N2O8. The van der Waals surface area contributed by atoms with Gasteiger partial charge in [-0.05, 0) is 53.5 Å². The van der Waals surface area contributed by atoms with Gasteiger partial charge < -0.3 is 29.5 Å². The molecule has 2 N–H and O–H groups in total. The van der Waals surface area contributed by atoms with Crippen LogP contribution in [0.1, 0.15) is 66.4 Å². The first-order valence-electron chi connectivity index (χ1n) is 12.0. The third kappa shape index (κ3) is 9.85. The fourth-order valence-electron chi connectivity index (χ4n) is 3.70. The molecule has 36 heavy (non-hydrogen) atoms. The summed E-state index contributed by atoms with van der Waals surface area (Å²) in [5.74, 6) is -2.28. The van der Waals surface area contributed by atoms with Gasteiger partial charge in [0.05, 0.1) is 12.7 Å². The van der Waals surface area contributed by atoms with Gasteiger partial charge in [-0.3, -0.25) is 4.79 Å². The highest BCUT2D eigenvalue weighted by Gasteiger charge is 2.40. The van der Waals surface area contributed by atoms with Crippen LogP contribution < -0.4 is 5.32 Å². The van der Waals surface area contributed by atoms with Crippen molar-refractivity contribution < 1.29 is 38.5 Å². The fourth-order valence-corrected chi connectivity index (χ4v) is 3.70. The molecule has 10 nitrogen and oxygen atoms in total. The molecule has 1 heterocycles. The van der Waals surface area contributed by atoms with Crippen LogP contribution in [0.25, 0.3) is 0 Å². The second kappa shape index (κ2) is 12.2. The third-order valence-corrected chi connectivity index (χ3v) is 5.23. The van der Waals surface area contributed by atoms with Crippen LogP contribution in [0.4, 0.5) is 4.79 Å². The predicted molar refractivity (Wildman–Crippen MR) is 131 cm³/mol. The number of carboxylic acid groups (broad SMARTS) is 1. The fraction of sp³-hybridized carbons (Fsp3) is 0.615. The van der Waals surface area contributed by atoms with E-state index in [1.165, 1.54) is 4.90 Å². The van der Waals surface area contributed by atoms with Gasteiger partial charge in [-0.2, -0.15) is 0 Å². The highest BCUT2D eigenvalue weighted by atomic mass is 16.6. The second-order valence-electron chi connectivity index (χ2n) is 10.8. The van der Waals surface area contributed by atoms with Gasteiger partial charge in [-0.25, -0.2) is 14.4 Å². The predicted octanol–water partition coefficient (Wildman–Crippen LogP) is 3.27. The lowest BCUT2D eigenvalue weighted by Crippen LogP contribution is -2.47.